The summed E-state index contributed by atoms with van der Waals surface area (Å²) in [5.41, 5.74) is 1.46. The Kier molecular flexibility index (Phi) is 7.34. The second-order valence-corrected chi connectivity index (χ2v) is 8.10. The molecule has 0 radical (unpaired) electrons. The van der Waals surface area contributed by atoms with Crippen molar-refractivity contribution in [2.45, 2.75) is 18.9 Å². The molecule has 8 heteroatoms. The Morgan fingerprint density at radius 3 is 2.66 bits per heavy atom. The first-order valence-corrected chi connectivity index (χ1v) is 11.0. The Balaban J connectivity index is 1.31. The lowest BCUT2D eigenvalue weighted by atomic mass is 10.0. The Hall–Kier alpha value is -2.97. The van der Waals surface area contributed by atoms with Crippen LogP contribution in [0.5, 0.6) is 5.75 Å². The van der Waals surface area contributed by atoms with E-state index in [0.717, 1.165) is 18.4 Å². The SMILES string of the molecule is O=C(COc1cccc(NC(=O)C2CC2)c1)NCC(c1cccc(F)c1)N1CCOCC1. The number of nitrogens with one attached hydrogen (secondary N) is 2. The quantitative estimate of drug-likeness (QED) is 0.626. The summed E-state index contributed by atoms with van der Waals surface area (Å²) in [4.78, 5) is 26.5. The molecule has 32 heavy (non-hydrogen) atoms. The van der Waals surface area contributed by atoms with E-state index in [1.807, 2.05) is 6.07 Å². The molecule has 1 aliphatic carbocycles. The summed E-state index contributed by atoms with van der Waals surface area (Å²) >= 11 is 0. The van der Waals surface area contributed by atoms with Crippen LogP contribution in [0.3, 0.4) is 0 Å². The van der Waals surface area contributed by atoms with Gasteiger partial charge in [-0.25, -0.2) is 4.39 Å². The maximum atomic E-state index is 13.8. The van der Waals surface area contributed by atoms with Crippen molar-refractivity contribution in [3.63, 3.8) is 0 Å². The topological polar surface area (TPSA) is 79.9 Å². The van der Waals surface area contributed by atoms with Gasteiger partial charge in [-0.3, -0.25) is 14.5 Å². The Bertz CT molecular complexity index is 944. The van der Waals surface area contributed by atoms with E-state index in [0.29, 0.717) is 44.3 Å². The molecule has 0 spiro atoms. The number of halogens is 1. The van der Waals surface area contributed by atoms with Gasteiger partial charge in [-0.1, -0.05) is 18.2 Å². The normalized spacial score (nSPS) is 17.4. The van der Waals surface area contributed by atoms with Crippen LogP contribution in [-0.4, -0.2) is 56.2 Å². The van der Waals surface area contributed by atoms with Gasteiger partial charge in [0.2, 0.25) is 5.91 Å². The van der Waals surface area contributed by atoms with Crippen molar-refractivity contribution in [3.05, 3.63) is 59.9 Å². The molecule has 1 aliphatic heterocycles. The summed E-state index contributed by atoms with van der Waals surface area (Å²) in [6.45, 7) is 2.83. The molecule has 4 rings (SSSR count). The van der Waals surface area contributed by atoms with E-state index in [1.165, 1.54) is 12.1 Å². The third-order valence-electron chi connectivity index (χ3n) is 5.63. The Morgan fingerprint density at radius 2 is 1.91 bits per heavy atom. The summed E-state index contributed by atoms with van der Waals surface area (Å²) in [5, 5.41) is 5.76. The van der Waals surface area contributed by atoms with Gasteiger partial charge >= 0.3 is 0 Å². The number of carbonyl (C=O) groups is 2. The minimum absolute atomic E-state index is 0.0198. The van der Waals surface area contributed by atoms with E-state index in [2.05, 4.69) is 15.5 Å². The fraction of sp³-hybridized carbons (Fsp3) is 0.417. The second-order valence-electron chi connectivity index (χ2n) is 8.10. The van der Waals surface area contributed by atoms with Crippen LogP contribution in [0.4, 0.5) is 10.1 Å². The van der Waals surface area contributed by atoms with Gasteiger partial charge < -0.3 is 20.1 Å². The zero-order valence-electron chi connectivity index (χ0n) is 17.9. The number of anilines is 1. The lowest BCUT2D eigenvalue weighted by molar-refractivity contribution is -0.123. The van der Waals surface area contributed by atoms with Crippen LogP contribution < -0.4 is 15.4 Å². The Labute approximate surface area is 186 Å². The fourth-order valence-electron chi connectivity index (χ4n) is 3.72. The first-order chi connectivity index (χ1) is 15.6. The maximum Gasteiger partial charge on any atom is 0.258 e. The molecule has 0 aromatic heterocycles. The van der Waals surface area contributed by atoms with Gasteiger partial charge in [0.15, 0.2) is 6.61 Å². The number of hydrogen-bond acceptors (Lipinski definition) is 5. The van der Waals surface area contributed by atoms with Gasteiger partial charge in [0.05, 0.1) is 19.3 Å². The first-order valence-electron chi connectivity index (χ1n) is 11.0. The van der Waals surface area contributed by atoms with Crippen LogP contribution in [-0.2, 0) is 14.3 Å². The molecule has 2 aromatic carbocycles. The largest absolute Gasteiger partial charge is 0.484 e. The van der Waals surface area contributed by atoms with Crippen molar-refractivity contribution < 1.29 is 23.5 Å². The van der Waals surface area contributed by atoms with E-state index in [-0.39, 0.29) is 36.2 Å². The lowest BCUT2D eigenvalue weighted by Gasteiger charge is -2.35. The zero-order chi connectivity index (χ0) is 22.3. The molecular weight excluding hydrogens is 413 g/mol. The van der Waals surface area contributed by atoms with Crippen molar-refractivity contribution in [1.82, 2.24) is 10.2 Å². The van der Waals surface area contributed by atoms with E-state index in [9.17, 15) is 14.0 Å². The molecule has 0 bridgehead atoms. The molecule has 7 nitrogen and oxygen atoms in total. The van der Waals surface area contributed by atoms with Crippen LogP contribution in [0.25, 0.3) is 0 Å². The molecular formula is C24H28FN3O4. The molecule has 1 unspecified atom stereocenters. The van der Waals surface area contributed by atoms with Gasteiger partial charge in [0, 0.05) is 37.3 Å². The number of rotatable bonds is 9. The molecule has 2 aliphatic rings. The van der Waals surface area contributed by atoms with Gasteiger partial charge in [-0.05, 0) is 42.7 Å². The molecule has 2 amide bonds. The lowest BCUT2D eigenvalue weighted by Crippen LogP contribution is -2.44. The van der Waals surface area contributed by atoms with E-state index in [1.54, 1.807) is 30.3 Å². The molecule has 1 atom stereocenters. The third-order valence-corrected chi connectivity index (χ3v) is 5.63. The first kappa shape index (κ1) is 22.2. The molecule has 170 valence electrons. The predicted octanol–water partition coefficient (Wildman–Crippen LogP) is 2.74. The molecule has 1 saturated carbocycles. The number of carbonyl (C=O) groups excluding carboxylic acids is 2. The zero-order valence-corrected chi connectivity index (χ0v) is 17.9. The monoisotopic (exact) mass is 441 g/mol. The predicted molar refractivity (Wildman–Crippen MR) is 118 cm³/mol. The molecule has 2 N–H and O–H groups in total. The summed E-state index contributed by atoms with van der Waals surface area (Å²) in [6.07, 6.45) is 1.87. The van der Waals surface area contributed by atoms with Crippen molar-refractivity contribution in [2.24, 2.45) is 5.92 Å². The molecule has 1 saturated heterocycles. The number of ether oxygens (including phenoxy) is 2. The number of hydrogen-bond donors (Lipinski definition) is 2. The van der Waals surface area contributed by atoms with Crippen molar-refractivity contribution in [2.75, 3.05) is 44.8 Å². The van der Waals surface area contributed by atoms with Gasteiger partial charge in [0.1, 0.15) is 11.6 Å². The van der Waals surface area contributed by atoms with Crippen LogP contribution in [0.15, 0.2) is 48.5 Å². The molecule has 1 heterocycles. The van der Waals surface area contributed by atoms with Crippen LogP contribution in [0, 0.1) is 11.7 Å². The molecule has 2 fully saturated rings. The highest BCUT2D eigenvalue weighted by Crippen LogP contribution is 2.30. The van der Waals surface area contributed by atoms with E-state index < -0.39 is 0 Å². The summed E-state index contributed by atoms with van der Waals surface area (Å²) in [5.74, 6) is 0.0639. The fourth-order valence-corrected chi connectivity index (χ4v) is 3.72. The summed E-state index contributed by atoms with van der Waals surface area (Å²) in [6, 6.07) is 13.3. The van der Waals surface area contributed by atoms with Gasteiger partial charge in [-0.2, -0.15) is 0 Å². The van der Waals surface area contributed by atoms with Gasteiger partial charge in [0.25, 0.3) is 5.91 Å². The van der Waals surface area contributed by atoms with Crippen LogP contribution in [0.1, 0.15) is 24.4 Å². The Morgan fingerprint density at radius 1 is 1.12 bits per heavy atom. The van der Waals surface area contributed by atoms with Crippen molar-refractivity contribution >= 4 is 17.5 Å². The minimum atomic E-state index is -0.302. The highest BCUT2D eigenvalue weighted by molar-refractivity contribution is 5.94. The average Bonchev–Trinajstić information content (AvgIpc) is 3.65. The van der Waals surface area contributed by atoms with Crippen molar-refractivity contribution in [3.8, 4) is 5.75 Å². The average molecular weight is 442 g/mol. The minimum Gasteiger partial charge on any atom is -0.484 e. The maximum absolute atomic E-state index is 13.8. The van der Waals surface area contributed by atoms with Crippen molar-refractivity contribution in [1.29, 1.82) is 0 Å². The third kappa shape index (κ3) is 6.27. The number of benzene rings is 2. The smallest absolute Gasteiger partial charge is 0.258 e. The van der Waals surface area contributed by atoms with E-state index in [4.69, 9.17) is 9.47 Å². The number of morpholine rings is 1. The summed E-state index contributed by atoms with van der Waals surface area (Å²) in [7, 11) is 0. The standard InChI is InChI=1S/C24H28FN3O4/c25-19-4-1-3-18(13-19)22(28-9-11-31-12-10-28)15-26-23(29)16-32-21-6-2-5-20(14-21)27-24(30)17-7-8-17/h1-6,13-14,17,22H,7-12,15-16H2,(H,26,29)(H,27,30). The summed E-state index contributed by atoms with van der Waals surface area (Å²) < 4.78 is 24.8. The number of nitrogens with zero attached hydrogens (tertiary/aromatic N) is 1. The highest BCUT2D eigenvalue weighted by Gasteiger charge is 2.29. The van der Waals surface area contributed by atoms with Gasteiger partial charge in [-0.15, -0.1) is 0 Å². The highest BCUT2D eigenvalue weighted by atomic mass is 19.1. The second kappa shape index (κ2) is 10.6. The van der Waals surface area contributed by atoms with E-state index >= 15 is 0 Å². The van der Waals surface area contributed by atoms with Crippen LogP contribution in [0.2, 0.25) is 0 Å². The van der Waals surface area contributed by atoms with Crippen LogP contribution >= 0.6 is 0 Å². The molecule has 2 aromatic rings. The number of amides is 2.